The third-order valence-electron chi connectivity index (χ3n) is 9.65. The molecule has 168 valence electrons. The molecule has 2 aromatic rings. The Bertz CT molecular complexity index is 1110. The van der Waals surface area contributed by atoms with Crippen molar-refractivity contribution < 1.29 is 9.90 Å². The van der Waals surface area contributed by atoms with Crippen LogP contribution in [0.4, 0.5) is 0 Å². The van der Waals surface area contributed by atoms with Gasteiger partial charge in [0.05, 0.1) is 11.0 Å². The highest BCUT2D eigenvalue weighted by Crippen LogP contribution is 2.57. The van der Waals surface area contributed by atoms with Gasteiger partial charge in [-0.15, -0.1) is 0 Å². The van der Waals surface area contributed by atoms with Gasteiger partial charge in [-0.05, 0) is 93.6 Å². The lowest BCUT2D eigenvalue weighted by Crippen LogP contribution is -2.60. The zero-order valence-corrected chi connectivity index (χ0v) is 18.4. The van der Waals surface area contributed by atoms with Gasteiger partial charge in [0.25, 0.3) is 5.56 Å². The maximum absolute atomic E-state index is 13.2. The number of nitrogens with zero attached hydrogens (tertiary/aromatic N) is 3. The van der Waals surface area contributed by atoms with Crippen LogP contribution in [0.25, 0.3) is 11.0 Å². The van der Waals surface area contributed by atoms with Gasteiger partial charge in [-0.2, -0.15) is 0 Å². The van der Waals surface area contributed by atoms with E-state index in [9.17, 15) is 14.7 Å². The van der Waals surface area contributed by atoms with Crippen LogP contribution in [0.3, 0.4) is 0 Å². The van der Waals surface area contributed by atoms with E-state index in [1.54, 1.807) is 4.57 Å². The average molecular weight is 434 g/mol. The van der Waals surface area contributed by atoms with E-state index in [1.807, 2.05) is 24.3 Å². The number of para-hydroxylation sites is 2. The number of hydrogen-bond donors (Lipinski definition) is 1. The van der Waals surface area contributed by atoms with Crippen LogP contribution in [0.2, 0.25) is 0 Å². The van der Waals surface area contributed by atoms with Gasteiger partial charge in [-0.1, -0.05) is 12.1 Å². The van der Waals surface area contributed by atoms with Crippen molar-refractivity contribution in [3.63, 3.8) is 0 Å². The molecule has 1 aromatic carbocycles. The Balaban J connectivity index is 1.24. The molecule has 6 nitrogen and oxygen atoms in total. The maximum atomic E-state index is 13.2. The van der Waals surface area contributed by atoms with E-state index in [1.165, 1.54) is 44.9 Å². The summed E-state index contributed by atoms with van der Waals surface area (Å²) in [6, 6.07) is 9.35. The van der Waals surface area contributed by atoms with Gasteiger partial charge in [-0.25, -0.2) is 9.78 Å². The van der Waals surface area contributed by atoms with Crippen molar-refractivity contribution in [3.05, 3.63) is 40.3 Å². The lowest BCUT2D eigenvalue weighted by Gasteiger charge is -2.59. The second-order valence-corrected chi connectivity index (χ2v) is 11.3. The smallest absolute Gasteiger partial charge is 0.360 e. The number of piperidine rings is 1. The number of carboxylic acid groups (broad SMARTS) is 1. The summed E-state index contributed by atoms with van der Waals surface area (Å²) < 4.78 is 1.78. The number of hydrogen-bond acceptors (Lipinski definition) is 4. The molecule has 32 heavy (non-hydrogen) atoms. The van der Waals surface area contributed by atoms with Crippen LogP contribution in [0.15, 0.2) is 29.1 Å². The molecule has 2 unspecified atom stereocenters. The zero-order chi connectivity index (χ0) is 21.6. The van der Waals surface area contributed by atoms with E-state index in [0.717, 1.165) is 48.1 Å². The predicted octanol–water partition coefficient (Wildman–Crippen LogP) is 4.09. The van der Waals surface area contributed by atoms with Gasteiger partial charge >= 0.3 is 5.97 Å². The summed E-state index contributed by atoms with van der Waals surface area (Å²) in [6.45, 7) is 0. The summed E-state index contributed by atoms with van der Waals surface area (Å²) >= 11 is 0. The van der Waals surface area contributed by atoms with Gasteiger partial charge in [-0.3, -0.25) is 9.69 Å². The van der Waals surface area contributed by atoms with Crippen LogP contribution >= 0.6 is 0 Å². The molecule has 4 saturated carbocycles. The molecule has 4 aliphatic carbocycles. The predicted molar refractivity (Wildman–Crippen MR) is 121 cm³/mol. The molecule has 2 saturated heterocycles. The highest BCUT2D eigenvalue weighted by atomic mass is 16.4. The molecule has 0 radical (unpaired) electrons. The molecule has 6 heteroatoms. The molecule has 6 bridgehead atoms. The summed E-state index contributed by atoms with van der Waals surface area (Å²) in [5.41, 5.74) is 0.582. The van der Waals surface area contributed by atoms with E-state index >= 15 is 0 Å². The fourth-order valence-electron chi connectivity index (χ4n) is 8.92. The highest BCUT2D eigenvalue weighted by molar-refractivity contribution is 5.88. The van der Waals surface area contributed by atoms with Crippen molar-refractivity contribution in [1.82, 2.24) is 14.5 Å². The Morgan fingerprint density at radius 3 is 2.12 bits per heavy atom. The van der Waals surface area contributed by atoms with Gasteiger partial charge in [0.15, 0.2) is 0 Å². The minimum atomic E-state index is -1.23. The number of carboxylic acids is 1. The summed E-state index contributed by atoms with van der Waals surface area (Å²) in [6.07, 6.45) is 11.6. The summed E-state index contributed by atoms with van der Waals surface area (Å²) in [7, 11) is 0. The number of carbonyl (C=O) groups is 1. The maximum Gasteiger partial charge on any atom is 0.360 e. The van der Waals surface area contributed by atoms with Crippen LogP contribution in [0, 0.1) is 23.7 Å². The third-order valence-corrected chi connectivity index (χ3v) is 9.65. The van der Waals surface area contributed by atoms with Crippen LogP contribution in [-0.2, 0) is 0 Å². The second-order valence-electron chi connectivity index (χ2n) is 11.3. The van der Waals surface area contributed by atoms with Crippen LogP contribution < -0.4 is 5.56 Å². The normalized spacial score (nSPS) is 40.2. The van der Waals surface area contributed by atoms with E-state index in [0.29, 0.717) is 17.6 Å². The molecular formula is C26H31N3O3. The molecule has 1 aromatic heterocycles. The first-order valence-electron chi connectivity index (χ1n) is 12.6. The molecular weight excluding hydrogens is 402 g/mol. The van der Waals surface area contributed by atoms with E-state index in [2.05, 4.69) is 9.88 Å². The SMILES string of the molecule is O=C(O)c1nc2ccccc2n(C2CC3CCC(C2)N3C2C3CC4CC(C3)CC2C4)c1=O. The lowest BCUT2D eigenvalue weighted by atomic mass is 9.53. The average Bonchev–Trinajstić information content (AvgIpc) is 3.01. The van der Waals surface area contributed by atoms with Gasteiger partial charge in [0.2, 0.25) is 5.69 Å². The molecule has 2 atom stereocenters. The summed E-state index contributed by atoms with van der Waals surface area (Å²) in [5.74, 6) is 2.51. The van der Waals surface area contributed by atoms with Crippen molar-refractivity contribution in [2.24, 2.45) is 23.7 Å². The monoisotopic (exact) mass is 433 g/mol. The lowest BCUT2D eigenvalue weighted by molar-refractivity contribution is -0.0938. The molecule has 6 aliphatic rings. The third kappa shape index (κ3) is 2.71. The number of fused-ring (bicyclic) bond motifs is 4. The van der Waals surface area contributed by atoms with Crippen molar-refractivity contribution in [2.75, 3.05) is 0 Å². The Hall–Kier alpha value is -2.21. The highest BCUT2D eigenvalue weighted by Gasteiger charge is 2.55. The molecule has 2 aliphatic heterocycles. The summed E-state index contributed by atoms with van der Waals surface area (Å²) in [5, 5.41) is 9.61. The Morgan fingerprint density at radius 1 is 0.875 bits per heavy atom. The van der Waals surface area contributed by atoms with Crippen molar-refractivity contribution in [2.45, 2.75) is 82.0 Å². The number of aromatic nitrogens is 2. The Morgan fingerprint density at radius 2 is 1.50 bits per heavy atom. The standard InChI is InChI=1S/C26H31N3O3/c30-25-23(26(31)32)27-21-3-1-2-4-22(21)29(25)20-12-18-5-6-19(13-20)28(18)24-16-8-14-7-15(10-16)11-17(24)9-14/h1-4,14-20,24H,5-13H2,(H,31,32). The second kappa shape index (κ2) is 6.89. The van der Waals surface area contributed by atoms with Crippen molar-refractivity contribution in [3.8, 4) is 0 Å². The summed E-state index contributed by atoms with van der Waals surface area (Å²) in [4.78, 5) is 32.1. The quantitative estimate of drug-likeness (QED) is 0.789. The van der Waals surface area contributed by atoms with Gasteiger partial charge < -0.3 is 9.67 Å². The van der Waals surface area contributed by atoms with Crippen LogP contribution in [0.1, 0.15) is 74.3 Å². The fourth-order valence-corrected chi connectivity index (χ4v) is 8.92. The largest absolute Gasteiger partial charge is 0.476 e. The zero-order valence-electron chi connectivity index (χ0n) is 18.4. The van der Waals surface area contributed by atoms with Crippen molar-refractivity contribution >= 4 is 17.0 Å². The first-order chi connectivity index (χ1) is 15.6. The molecule has 1 N–H and O–H groups in total. The molecule has 0 amide bonds. The van der Waals surface area contributed by atoms with Crippen molar-refractivity contribution in [1.29, 1.82) is 0 Å². The molecule has 3 heterocycles. The Labute approximate surface area is 187 Å². The van der Waals surface area contributed by atoms with Gasteiger partial charge in [0.1, 0.15) is 0 Å². The van der Waals surface area contributed by atoms with Gasteiger partial charge in [0, 0.05) is 24.2 Å². The molecule has 0 spiro atoms. The van der Waals surface area contributed by atoms with E-state index in [4.69, 9.17) is 0 Å². The van der Waals surface area contributed by atoms with E-state index < -0.39 is 11.5 Å². The molecule has 6 fully saturated rings. The number of rotatable bonds is 3. The first kappa shape index (κ1) is 19.3. The number of benzene rings is 1. The fraction of sp³-hybridized carbons (Fsp3) is 0.654. The minimum absolute atomic E-state index is 0.0547. The van der Waals surface area contributed by atoms with Crippen LogP contribution in [-0.4, -0.2) is 43.7 Å². The minimum Gasteiger partial charge on any atom is -0.476 e. The van der Waals surface area contributed by atoms with Crippen LogP contribution in [0.5, 0.6) is 0 Å². The molecule has 8 rings (SSSR count). The Kier molecular flexibility index (Phi) is 4.15. The first-order valence-corrected chi connectivity index (χ1v) is 12.6. The van der Waals surface area contributed by atoms with E-state index in [-0.39, 0.29) is 11.7 Å². The number of aromatic carboxylic acids is 1. The topological polar surface area (TPSA) is 75.4 Å².